The van der Waals surface area contributed by atoms with Crippen molar-refractivity contribution in [1.29, 1.82) is 0 Å². The molecule has 0 unspecified atom stereocenters. The van der Waals surface area contributed by atoms with Crippen LogP contribution in [-0.4, -0.2) is 37.3 Å². The second-order valence-corrected chi connectivity index (χ2v) is 10.0. The van der Waals surface area contributed by atoms with Crippen molar-refractivity contribution in [2.24, 2.45) is 5.10 Å². The number of halogens is 1. The lowest BCUT2D eigenvalue weighted by Gasteiger charge is -2.09. The number of nitrogens with one attached hydrogen (secondary N) is 2. The molecule has 1 amide bonds. The molecule has 2 N–H and O–H groups in total. The number of amides is 1. The van der Waals surface area contributed by atoms with Crippen LogP contribution in [0.3, 0.4) is 0 Å². The van der Waals surface area contributed by atoms with E-state index in [4.69, 9.17) is 14.2 Å². The van der Waals surface area contributed by atoms with Crippen LogP contribution < -0.4 is 19.6 Å². The van der Waals surface area contributed by atoms with Gasteiger partial charge in [-0.05, 0) is 55.0 Å². The van der Waals surface area contributed by atoms with Gasteiger partial charge in [-0.3, -0.25) is 4.79 Å². The van der Waals surface area contributed by atoms with Crippen molar-refractivity contribution in [2.75, 3.05) is 14.2 Å². The zero-order valence-corrected chi connectivity index (χ0v) is 24.1. The number of carbonyl (C=O) groups excluding carboxylic acids is 2. The molecule has 0 saturated carbocycles. The Kier molecular flexibility index (Phi) is 8.16. The van der Waals surface area contributed by atoms with Gasteiger partial charge >= 0.3 is 5.97 Å². The highest BCUT2D eigenvalue weighted by molar-refractivity contribution is 9.10. The van der Waals surface area contributed by atoms with Gasteiger partial charge in [0.15, 0.2) is 0 Å². The fourth-order valence-electron chi connectivity index (χ4n) is 4.51. The van der Waals surface area contributed by atoms with Crippen molar-refractivity contribution < 1.29 is 23.8 Å². The minimum absolute atomic E-state index is 0.284. The van der Waals surface area contributed by atoms with E-state index in [0.717, 1.165) is 15.6 Å². The second-order valence-electron chi connectivity index (χ2n) is 9.10. The minimum atomic E-state index is -0.497. The Balaban J connectivity index is 1.47. The number of ether oxygens (including phenoxy) is 3. The number of carbonyl (C=O) groups is 2. The normalized spacial score (nSPS) is 11.0. The van der Waals surface area contributed by atoms with E-state index in [1.807, 2.05) is 43.3 Å². The highest BCUT2D eigenvalue weighted by atomic mass is 79.9. The molecule has 0 aliphatic carbocycles. The topological polar surface area (TPSA) is 102 Å². The third-order valence-corrected chi connectivity index (χ3v) is 6.90. The summed E-state index contributed by atoms with van der Waals surface area (Å²) in [5.41, 5.74) is 6.84. The number of hydrogen-bond acceptors (Lipinski definition) is 6. The molecule has 1 heterocycles. The van der Waals surface area contributed by atoms with Crippen LogP contribution in [0.25, 0.3) is 22.0 Å². The van der Waals surface area contributed by atoms with Crippen LogP contribution >= 0.6 is 15.9 Å². The molecule has 0 atom stereocenters. The summed E-state index contributed by atoms with van der Waals surface area (Å²) < 4.78 is 17.6. The number of esters is 1. The standard InChI is InChI=1S/C32H26BrN3O5/c1-19-8-7-11-21(16-19)32(38)41-24-13-12-23(33)17-22(24)18-34-36-31(37)30-27(20-9-5-4-6-10-20)28-25(39-2)14-15-26(40-3)29(28)35-30/h4-18,35H,1-3H3,(H,36,37). The van der Waals surface area contributed by atoms with Crippen LogP contribution in [0.2, 0.25) is 0 Å². The van der Waals surface area contributed by atoms with Crippen molar-refractivity contribution in [3.8, 4) is 28.4 Å². The fraction of sp³-hybridized carbons (Fsp3) is 0.0938. The van der Waals surface area contributed by atoms with Crippen LogP contribution in [-0.2, 0) is 0 Å². The minimum Gasteiger partial charge on any atom is -0.496 e. The van der Waals surface area contributed by atoms with Crippen LogP contribution in [0.5, 0.6) is 17.2 Å². The molecule has 206 valence electrons. The Hall–Kier alpha value is -4.89. The first-order chi connectivity index (χ1) is 19.9. The van der Waals surface area contributed by atoms with Crippen molar-refractivity contribution in [2.45, 2.75) is 6.92 Å². The predicted molar refractivity (Wildman–Crippen MR) is 162 cm³/mol. The summed E-state index contributed by atoms with van der Waals surface area (Å²) in [6, 6.07) is 25.4. The molecule has 4 aromatic carbocycles. The molecule has 0 fully saturated rings. The molecule has 0 spiro atoms. The lowest BCUT2D eigenvalue weighted by Crippen LogP contribution is -2.19. The van der Waals surface area contributed by atoms with Crippen molar-refractivity contribution >= 4 is 44.9 Å². The zero-order chi connectivity index (χ0) is 28.9. The van der Waals surface area contributed by atoms with E-state index in [0.29, 0.717) is 44.8 Å². The average molecular weight is 612 g/mol. The van der Waals surface area contributed by atoms with Crippen molar-refractivity contribution in [3.63, 3.8) is 0 Å². The molecule has 0 radical (unpaired) electrons. The van der Waals surface area contributed by atoms with Crippen LogP contribution in [0.4, 0.5) is 0 Å². The van der Waals surface area contributed by atoms with E-state index in [-0.39, 0.29) is 5.69 Å². The molecule has 0 saturated heterocycles. The highest BCUT2D eigenvalue weighted by Gasteiger charge is 2.24. The summed E-state index contributed by atoms with van der Waals surface area (Å²) in [6.07, 6.45) is 1.42. The van der Waals surface area contributed by atoms with Gasteiger partial charge in [-0.2, -0.15) is 5.10 Å². The van der Waals surface area contributed by atoms with Crippen LogP contribution in [0.1, 0.15) is 32.0 Å². The molecule has 41 heavy (non-hydrogen) atoms. The first-order valence-electron chi connectivity index (χ1n) is 12.6. The number of nitrogens with zero attached hydrogens (tertiary/aromatic N) is 1. The quantitative estimate of drug-likeness (QED) is 0.0859. The van der Waals surface area contributed by atoms with E-state index < -0.39 is 11.9 Å². The van der Waals surface area contributed by atoms with Gasteiger partial charge in [-0.25, -0.2) is 10.2 Å². The Morgan fingerprint density at radius 3 is 2.34 bits per heavy atom. The van der Waals surface area contributed by atoms with Crippen molar-refractivity contribution in [1.82, 2.24) is 10.4 Å². The predicted octanol–water partition coefficient (Wildman–Crippen LogP) is 6.91. The smallest absolute Gasteiger partial charge is 0.343 e. The first-order valence-corrected chi connectivity index (χ1v) is 13.4. The average Bonchev–Trinajstić information content (AvgIpc) is 3.39. The maximum Gasteiger partial charge on any atom is 0.343 e. The van der Waals surface area contributed by atoms with E-state index in [9.17, 15) is 9.59 Å². The molecule has 0 bridgehead atoms. The summed E-state index contributed by atoms with van der Waals surface area (Å²) in [5.74, 6) is 0.474. The summed E-state index contributed by atoms with van der Waals surface area (Å²) >= 11 is 3.44. The number of fused-ring (bicyclic) bond motifs is 1. The fourth-order valence-corrected chi connectivity index (χ4v) is 4.89. The Morgan fingerprint density at radius 2 is 1.61 bits per heavy atom. The number of aryl methyl sites for hydroxylation is 1. The van der Waals surface area contributed by atoms with E-state index in [1.165, 1.54) is 6.21 Å². The first kappa shape index (κ1) is 27.7. The number of hydrazone groups is 1. The summed E-state index contributed by atoms with van der Waals surface area (Å²) in [6.45, 7) is 1.90. The number of aromatic nitrogens is 1. The second kappa shape index (κ2) is 12.1. The number of H-pyrrole nitrogens is 1. The van der Waals surface area contributed by atoms with Gasteiger partial charge in [-0.15, -0.1) is 0 Å². The van der Waals surface area contributed by atoms with Gasteiger partial charge in [0, 0.05) is 15.6 Å². The SMILES string of the molecule is COc1ccc(OC)c2c(-c3ccccc3)c(C(=O)NN=Cc3cc(Br)ccc3OC(=O)c3cccc(C)c3)[nH]c12. The summed E-state index contributed by atoms with van der Waals surface area (Å²) in [4.78, 5) is 29.5. The Bertz CT molecular complexity index is 1780. The van der Waals surface area contributed by atoms with Crippen LogP contribution in [0.15, 0.2) is 94.5 Å². The van der Waals surface area contributed by atoms with Gasteiger partial charge in [0.1, 0.15) is 22.9 Å². The molecule has 8 nitrogen and oxygen atoms in total. The lowest BCUT2D eigenvalue weighted by molar-refractivity contribution is 0.0734. The molecule has 5 aromatic rings. The van der Waals surface area contributed by atoms with Gasteiger partial charge in [0.25, 0.3) is 5.91 Å². The van der Waals surface area contributed by atoms with Gasteiger partial charge in [0.05, 0.1) is 36.9 Å². The maximum absolute atomic E-state index is 13.5. The molecular formula is C32H26BrN3O5. The molecule has 9 heteroatoms. The number of benzene rings is 4. The third kappa shape index (κ3) is 5.85. The Morgan fingerprint density at radius 1 is 0.878 bits per heavy atom. The highest BCUT2D eigenvalue weighted by Crippen LogP contribution is 2.42. The number of methoxy groups -OCH3 is 2. The molecule has 5 rings (SSSR count). The van der Waals surface area contributed by atoms with Gasteiger partial charge < -0.3 is 19.2 Å². The van der Waals surface area contributed by atoms with Crippen molar-refractivity contribution in [3.05, 3.63) is 112 Å². The lowest BCUT2D eigenvalue weighted by atomic mass is 10.0. The Labute approximate surface area is 245 Å². The molecule has 0 aliphatic heterocycles. The third-order valence-electron chi connectivity index (χ3n) is 6.41. The monoisotopic (exact) mass is 611 g/mol. The van der Waals surface area contributed by atoms with E-state index >= 15 is 0 Å². The summed E-state index contributed by atoms with van der Waals surface area (Å²) in [5, 5.41) is 4.90. The largest absolute Gasteiger partial charge is 0.496 e. The number of hydrogen-bond donors (Lipinski definition) is 2. The zero-order valence-electron chi connectivity index (χ0n) is 22.5. The molecule has 1 aromatic heterocycles. The molecule has 0 aliphatic rings. The summed E-state index contributed by atoms with van der Waals surface area (Å²) in [7, 11) is 3.14. The number of aromatic amines is 1. The maximum atomic E-state index is 13.5. The van der Waals surface area contributed by atoms with E-state index in [2.05, 4.69) is 31.4 Å². The number of rotatable bonds is 8. The van der Waals surface area contributed by atoms with E-state index in [1.54, 1.807) is 62.8 Å². The molecular weight excluding hydrogens is 586 g/mol. The van der Waals surface area contributed by atoms with Crippen LogP contribution in [0, 0.1) is 6.92 Å². The van der Waals surface area contributed by atoms with Gasteiger partial charge in [0.2, 0.25) is 0 Å². The van der Waals surface area contributed by atoms with Gasteiger partial charge in [-0.1, -0.05) is 64.0 Å².